The number of amides is 1. The van der Waals surface area contributed by atoms with Crippen molar-refractivity contribution >= 4 is 5.91 Å². The zero-order valence-corrected chi connectivity index (χ0v) is 13.7. The van der Waals surface area contributed by atoms with Crippen molar-refractivity contribution in [2.45, 2.75) is 19.3 Å². The lowest BCUT2D eigenvalue weighted by atomic mass is 10.1. The molecule has 122 valence electrons. The first kappa shape index (κ1) is 16.9. The summed E-state index contributed by atoms with van der Waals surface area (Å²) in [6.07, 6.45) is 1.97. The van der Waals surface area contributed by atoms with Crippen LogP contribution in [-0.2, 0) is 17.6 Å². The number of methoxy groups -OCH3 is 2. The molecule has 0 heterocycles. The molecular weight excluding hydrogens is 290 g/mol. The Kier molecular flexibility index (Phi) is 6.48. The standard InChI is InChI=1S/C19H23NO3/c1-22-17-10-7-15(8-11-17)9-12-19(21)20-14-13-16-5-3-4-6-18(16)23-2/h3-8,10-11H,9,12-14H2,1-2H3,(H,20,21). The molecule has 2 aromatic rings. The second-order valence-electron chi connectivity index (χ2n) is 5.26. The van der Waals surface area contributed by atoms with Gasteiger partial charge in [0, 0.05) is 13.0 Å². The molecule has 0 bridgehead atoms. The van der Waals surface area contributed by atoms with Gasteiger partial charge in [0.1, 0.15) is 11.5 Å². The number of rotatable bonds is 8. The van der Waals surface area contributed by atoms with Gasteiger partial charge in [0.25, 0.3) is 0 Å². The maximum absolute atomic E-state index is 11.9. The molecule has 23 heavy (non-hydrogen) atoms. The van der Waals surface area contributed by atoms with E-state index in [-0.39, 0.29) is 5.91 Å². The molecule has 0 aromatic heterocycles. The van der Waals surface area contributed by atoms with E-state index in [4.69, 9.17) is 9.47 Å². The van der Waals surface area contributed by atoms with Gasteiger partial charge in [-0.2, -0.15) is 0 Å². The fourth-order valence-electron chi connectivity index (χ4n) is 2.38. The summed E-state index contributed by atoms with van der Waals surface area (Å²) >= 11 is 0. The van der Waals surface area contributed by atoms with E-state index in [9.17, 15) is 4.79 Å². The van der Waals surface area contributed by atoms with Gasteiger partial charge in [-0.25, -0.2) is 0 Å². The zero-order chi connectivity index (χ0) is 16.5. The van der Waals surface area contributed by atoms with Crippen LogP contribution in [0, 0.1) is 0 Å². The SMILES string of the molecule is COc1ccc(CCC(=O)NCCc2ccccc2OC)cc1. The highest BCUT2D eigenvalue weighted by Gasteiger charge is 2.05. The van der Waals surface area contributed by atoms with E-state index < -0.39 is 0 Å². The van der Waals surface area contributed by atoms with Crippen molar-refractivity contribution in [2.75, 3.05) is 20.8 Å². The molecule has 0 spiro atoms. The zero-order valence-electron chi connectivity index (χ0n) is 13.7. The quantitative estimate of drug-likeness (QED) is 0.815. The van der Waals surface area contributed by atoms with Crippen LogP contribution in [0.2, 0.25) is 0 Å². The molecule has 2 aromatic carbocycles. The Morgan fingerprint density at radius 1 is 0.957 bits per heavy atom. The average molecular weight is 313 g/mol. The first-order valence-electron chi connectivity index (χ1n) is 7.74. The Bertz CT molecular complexity index is 623. The van der Waals surface area contributed by atoms with E-state index in [0.717, 1.165) is 35.5 Å². The number of aryl methyl sites for hydroxylation is 1. The van der Waals surface area contributed by atoms with Gasteiger partial charge < -0.3 is 14.8 Å². The predicted octanol–water partition coefficient (Wildman–Crippen LogP) is 3.00. The average Bonchev–Trinajstić information content (AvgIpc) is 2.61. The molecule has 0 fully saturated rings. The first-order chi connectivity index (χ1) is 11.2. The molecule has 0 aliphatic heterocycles. The molecule has 0 unspecified atom stereocenters. The predicted molar refractivity (Wildman–Crippen MR) is 91.0 cm³/mol. The highest BCUT2D eigenvalue weighted by molar-refractivity contribution is 5.76. The fraction of sp³-hybridized carbons (Fsp3) is 0.316. The van der Waals surface area contributed by atoms with Gasteiger partial charge in [0.2, 0.25) is 5.91 Å². The van der Waals surface area contributed by atoms with Crippen molar-refractivity contribution < 1.29 is 14.3 Å². The van der Waals surface area contributed by atoms with Crippen LogP contribution in [0.5, 0.6) is 11.5 Å². The maximum atomic E-state index is 11.9. The van der Waals surface area contributed by atoms with Gasteiger partial charge in [-0.15, -0.1) is 0 Å². The van der Waals surface area contributed by atoms with E-state index >= 15 is 0 Å². The molecule has 1 N–H and O–H groups in total. The summed E-state index contributed by atoms with van der Waals surface area (Å²) in [4.78, 5) is 11.9. The Hall–Kier alpha value is -2.49. The van der Waals surface area contributed by atoms with Gasteiger partial charge in [-0.1, -0.05) is 30.3 Å². The number of benzene rings is 2. The molecule has 1 amide bonds. The second-order valence-corrected chi connectivity index (χ2v) is 5.26. The fourth-order valence-corrected chi connectivity index (χ4v) is 2.38. The third-order valence-electron chi connectivity index (χ3n) is 3.71. The van der Waals surface area contributed by atoms with Crippen LogP contribution in [0.1, 0.15) is 17.5 Å². The van der Waals surface area contributed by atoms with E-state index in [1.165, 1.54) is 0 Å². The molecule has 4 heteroatoms. The Morgan fingerprint density at radius 3 is 2.39 bits per heavy atom. The number of para-hydroxylation sites is 1. The van der Waals surface area contributed by atoms with Crippen LogP contribution in [0.3, 0.4) is 0 Å². The Morgan fingerprint density at radius 2 is 1.70 bits per heavy atom. The van der Waals surface area contributed by atoms with Gasteiger partial charge in [-0.3, -0.25) is 4.79 Å². The van der Waals surface area contributed by atoms with Crippen LogP contribution in [0.4, 0.5) is 0 Å². The van der Waals surface area contributed by atoms with Gasteiger partial charge in [0.05, 0.1) is 14.2 Å². The lowest BCUT2D eigenvalue weighted by Crippen LogP contribution is -2.25. The summed E-state index contributed by atoms with van der Waals surface area (Å²) in [5.41, 5.74) is 2.23. The molecular formula is C19H23NO3. The minimum atomic E-state index is 0.0655. The number of hydrogen-bond donors (Lipinski definition) is 1. The van der Waals surface area contributed by atoms with Crippen molar-refractivity contribution in [2.24, 2.45) is 0 Å². The van der Waals surface area contributed by atoms with Crippen LogP contribution < -0.4 is 14.8 Å². The number of nitrogens with one attached hydrogen (secondary N) is 1. The van der Waals surface area contributed by atoms with Crippen molar-refractivity contribution in [1.29, 1.82) is 0 Å². The van der Waals surface area contributed by atoms with Crippen LogP contribution in [-0.4, -0.2) is 26.7 Å². The van der Waals surface area contributed by atoms with E-state index in [1.807, 2.05) is 48.5 Å². The molecule has 0 saturated carbocycles. The number of ether oxygens (including phenoxy) is 2. The molecule has 0 saturated heterocycles. The first-order valence-corrected chi connectivity index (χ1v) is 7.74. The lowest BCUT2D eigenvalue weighted by molar-refractivity contribution is -0.121. The topological polar surface area (TPSA) is 47.6 Å². The minimum Gasteiger partial charge on any atom is -0.497 e. The molecule has 2 rings (SSSR count). The van der Waals surface area contributed by atoms with Crippen molar-refractivity contribution in [3.63, 3.8) is 0 Å². The minimum absolute atomic E-state index is 0.0655. The van der Waals surface area contributed by atoms with Crippen molar-refractivity contribution in [1.82, 2.24) is 5.32 Å². The van der Waals surface area contributed by atoms with Gasteiger partial charge >= 0.3 is 0 Å². The number of carbonyl (C=O) groups excluding carboxylic acids is 1. The lowest BCUT2D eigenvalue weighted by Gasteiger charge is -2.09. The summed E-state index contributed by atoms with van der Waals surface area (Å²) in [7, 11) is 3.30. The number of hydrogen-bond acceptors (Lipinski definition) is 3. The molecule has 0 atom stereocenters. The van der Waals surface area contributed by atoms with Crippen LogP contribution in [0.25, 0.3) is 0 Å². The molecule has 0 aliphatic rings. The summed E-state index contributed by atoms with van der Waals surface area (Å²) in [6.45, 7) is 0.613. The third kappa shape index (κ3) is 5.33. The summed E-state index contributed by atoms with van der Waals surface area (Å²) in [6, 6.07) is 15.7. The monoisotopic (exact) mass is 313 g/mol. The highest BCUT2D eigenvalue weighted by Crippen LogP contribution is 2.17. The largest absolute Gasteiger partial charge is 0.497 e. The van der Waals surface area contributed by atoms with Crippen LogP contribution >= 0.6 is 0 Å². The normalized spacial score (nSPS) is 10.2. The third-order valence-corrected chi connectivity index (χ3v) is 3.71. The van der Waals surface area contributed by atoms with Crippen molar-refractivity contribution in [3.05, 3.63) is 59.7 Å². The van der Waals surface area contributed by atoms with Crippen molar-refractivity contribution in [3.8, 4) is 11.5 Å². The summed E-state index contributed by atoms with van der Waals surface area (Å²) in [5, 5.41) is 2.96. The molecule has 0 radical (unpaired) electrons. The second kappa shape index (κ2) is 8.83. The molecule has 0 aliphatic carbocycles. The highest BCUT2D eigenvalue weighted by atomic mass is 16.5. The Labute approximate surface area is 137 Å². The smallest absolute Gasteiger partial charge is 0.220 e. The summed E-state index contributed by atoms with van der Waals surface area (Å²) in [5.74, 6) is 1.76. The van der Waals surface area contributed by atoms with Crippen LogP contribution in [0.15, 0.2) is 48.5 Å². The number of carbonyl (C=O) groups is 1. The van der Waals surface area contributed by atoms with Gasteiger partial charge in [-0.05, 0) is 42.2 Å². The van der Waals surface area contributed by atoms with E-state index in [1.54, 1.807) is 14.2 Å². The summed E-state index contributed by atoms with van der Waals surface area (Å²) < 4.78 is 10.4. The van der Waals surface area contributed by atoms with Gasteiger partial charge in [0.15, 0.2) is 0 Å². The van der Waals surface area contributed by atoms with E-state index in [2.05, 4.69) is 5.32 Å². The molecule has 4 nitrogen and oxygen atoms in total. The maximum Gasteiger partial charge on any atom is 0.220 e. The van der Waals surface area contributed by atoms with E-state index in [0.29, 0.717) is 13.0 Å². The Balaban J connectivity index is 1.72.